The van der Waals surface area contributed by atoms with Crippen molar-refractivity contribution in [3.63, 3.8) is 0 Å². The van der Waals surface area contributed by atoms with Gasteiger partial charge >= 0.3 is 0 Å². The van der Waals surface area contributed by atoms with E-state index in [-0.39, 0.29) is 29.6 Å². The summed E-state index contributed by atoms with van der Waals surface area (Å²) in [6.07, 6.45) is 10.3. The molecule has 27 heavy (non-hydrogen) atoms. The normalized spacial score (nSPS) is 17.3. The summed E-state index contributed by atoms with van der Waals surface area (Å²) in [4.78, 5) is 33.9. The Bertz CT molecular complexity index is 917. The van der Waals surface area contributed by atoms with Crippen molar-refractivity contribution >= 4 is 56.9 Å². The van der Waals surface area contributed by atoms with Crippen LogP contribution in [-0.4, -0.2) is 21.8 Å². The summed E-state index contributed by atoms with van der Waals surface area (Å²) in [5.41, 5.74) is 1.51. The first-order valence-electron chi connectivity index (χ1n) is 8.82. The van der Waals surface area contributed by atoms with Crippen molar-refractivity contribution in [3.8, 4) is 0 Å². The van der Waals surface area contributed by atoms with Crippen LogP contribution in [0.2, 0.25) is 0 Å². The van der Waals surface area contributed by atoms with Gasteiger partial charge in [-0.15, -0.1) is 11.3 Å². The van der Waals surface area contributed by atoms with E-state index in [0.29, 0.717) is 16.0 Å². The largest absolute Gasteiger partial charge is 0.302 e. The molecule has 140 valence electrons. The summed E-state index contributed by atoms with van der Waals surface area (Å²) >= 11 is 2.80. The van der Waals surface area contributed by atoms with Crippen LogP contribution in [0.3, 0.4) is 0 Å². The molecule has 2 aromatic rings. The number of hydrogen-bond donors (Lipinski definition) is 2. The maximum atomic E-state index is 12.3. The van der Waals surface area contributed by atoms with Crippen LogP contribution in [0.5, 0.6) is 0 Å². The number of nitrogens with zero attached hydrogens (tertiary/aromatic N) is 2. The maximum Gasteiger partial charge on any atom is 0.232 e. The van der Waals surface area contributed by atoms with Crippen LogP contribution in [0.4, 0.5) is 10.3 Å². The van der Waals surface area contributed by atoms with Crippen LogP contribution in [0.15, 0.2) is 17.5 Å². The Kier molecular flexibility index (Phi) is 4.69. The van der Waals surface area contributed by atoms with Crippen molar-refractivity contribution in [1.29, 1.82) is 0 Å². The number of hydrogen-bond acceptors (Lipinski definition) is 6. The molecule has 2 aliphatic rings. The van der Waals surface area contributed by atoms with Gasteiger partial charge in [-0.2, -0.15) is 0 Å². The lowest BCUT2D eigenvalue weighted by atomic mass is 9.93. The number of fused-ring (bicyclic) bond motifs is 1. The third-order valence-corrected chi connectivity index (χ3v) is 6.09. The first kappa shape index (κ1) is 18.1. The second kappa shape index (κ2) is 7.01. The van der Waals surface area contributed by atoms with Gasteiger partial charge in [-0.05, 0) is 25.0 Å². The van der Waals surface area contributed by atoms with Crippen LogP contribution < -0.4 is 10.6 Å². The second-order valence-electron chi connectivity index (χ2n) is 7.39. The molecular weight excluding hydrogens is 380 g/mol. The van der Waals surface area contributed by atoms with Crippen LogP contribution in [0.1, 0.15) is 43.0 Å². The molecule has 1 fully saturated rings. The highest BCUT2D eigenvalue weighted by Gasteiger charge is 2.30. The van der Waals surface area contributed by atoms with Gasteiger partial charge in [0.1, 0.15) is 0 Å². The van der Waals surface area contributed by atoms with Gasteiger partial charge in [-0.25, -0.2) is 9.97 Å². The molecule has 0 spiro atoms. The number of anilines is 2. The van der Waals surface area contributed by atoms with Crippen molar-refractivity contribution in [2.45, 2.75) is 33.1 Å². The Morgan fingerprint density at radius 2 is 1.93 bits per heavy atom. The minimum absolute atomic E-state index is 0.00107. The molecule has 0 aliphatic heterocycles. The average Bonchev–Trinajstić information content (AvgIpc) is 3.29. The lowest BCUT2D eigenvalue weighted by molar-refractivity contribution is -0.117. The van der Waals surface area contributed by atoms with E-state index in [9.17, 15) is 9.59 Å². The van der Waals surface area contributed by atoms with E-state index < -0.39 is 0 Å². The fourth-order valence-electron chi connectivity index (χ4n) is 2.60. The number of thiazole rings is 2. The van der Waals surface area contributed by atoms with E-state index in [2.05, 4.69) is 52.7 Å². The van der Waals surface area contributed by atoms with Crippen molar-refractivity contribution in [3.05, 3.63) is 33.8 Å². The number of rotatable bonds is 5. The molecule has 4 rings (SSSR count). The monoisotopic (exact) mass is 400 g/mol. The molecule has 2 N–H and O–H groups in total. The molecule has 2 amide bonds. The van der Waals surface area contributed by atoms with Gasteiger partial charge in [-0.3, -0.25) is 9.59 Å². The van der Waals surface area contributed by atoms with E-state index in [1.807, 2.05) is 6.08 Å². The van der Waals surface area contributed by atoms with Gasteiger partial charge in [0.25, 0.3) is 0 Å². The molecule has 0 atom stereocenters. The van der Waals surface area contributed by atoms with Gasteiger partial charge in [0.2, 0.25) is 11.8 Å². The first-order chi connectivity index (χ1) is 12.9. The number of aromatic nitrogens is 2. The van der Waals surface area contributed by atoms with E-state index in [1.54, 1.807) is 5.38 Å². The molecule has 0 aromatic carbocycles. The number of carbonyl (C=O) groups is 2. The quantitative estimate of drug-likeness (QED) is 0.788. The lowest BCUT2D eigenvalue weighted by Gasteiger charge is -2.12. The van der Waals surface area contributed by atoms with Gasteiger partial charge in [0.15, 0.2) is 10.3 Å². The molecule has 6 nitrogen and oxygen atoms in total. The van der Waals surface area contributed by atoms with E-state index in [1.165, 1.54) is 22.7 Å². The van der Waals surface area contributed by atoms with Crippen molar-refractivity contribution in [1.82, 2.24) is 9.97 Å². The van der Waals surface area contributed by atoms with Crippen molar-refractivity contribution < 1.29 is 9.59 Å². The molecule has 0 unspecified atom stereocenters. The fraction of sp³-hybridized carbons (Fsp3) is 0.368. The third kappa shape index (κ3) is 4.51. The number of nitrogens with one attached hydrogen (secondary N) is 2. The predicted molar refractivity (Wildman–Crippen MR) is 110 cm³/mol. The zero-order valence-electron chi connectivity index (χ0n) is 15.1. The average molecular weight is 401 g/mol. The summed E-state index contributed by atoms with van der Waals surface area (Å²) in [7, 11) is 0. The minimum atomic E-state index is -0.169. The van der Waals surface area contributed by atoms with Crippen LogP contribution in [0.25, 0.3) is 12.2 Å². The Labute approximate surface area is 165 Å². The Morgan fingerprint density at radius 1 is 1.15 bits per heavy atom. The van der Waals surface area contributed by atoms with Crippen LogP contribution in [-0.2, 0) is 16.0 Å². The lowest BCUT2D eigenvalue weighted by Crippen LogP contribution is -2.15. The fourth-order valence-corrected chi connectivity index (χ4v) is 4.19. The Morgan fingerprint density at radius 3 is 2.70 bits per heavy atom. The molecule has 1 saturated carbocycles. The van der Waals surface area contributed by atoms with E-state index in [4.69, 9.17) is 0 Å². The van der Waals surface area contributed by atoms with Gasteiger partial charge in [0.05, 0.1) is 22.7 Å². The van der Waals surface area contributed by atoms with Crippen LogP contribution in [0, 0.1) is 11.3 Å². The highest BCUT2D eigenvalue weighted by molar-refractivity contribution is 7.16. The van der Waals surface area contributed by atoms with Gasteiger partial charge in [-0.1, -0.05) is 37.3 Å². The molecule has 0 radical (unpaired) electrons. The topological polar surface area (TPSA) is 84.0 Å². The van der Waals surface area contributed by atoms with Gasteiger partial charge in [0, 0.05) is 16.7 Å². The predicted octanol–water partition coefficient (Wildman–Crippen LogP) is 4.20. The highest BCUT2D eigenvalue weighted by Crippen LogP contribution is 2.33. The van der Waals surface area contributed by atoms with Crippen molar-refractivity contribution in [2.24, 2.45) is 11.3 Å². The standard InChI is InChI=1S/C19H20N4O2S2/c1-19(2)7-5-13-14(6-8-19)27-18(21-13)22-15(24)9-12-10-26-17(20-12)23-16(25)11-3-4-11/h5-8,10-11H,3-4,9H2,1-2H3,(H,20,23,25)(H,21,22,24). The SMILES string of the molecule is CC1(C)C=Cc2nc(NC(=O)Cc3csc(NC(=O)C4CC4)n3)sc2C=C1. The summed E-state index contributed by atoms with van der Waals surface area (Å²) in [6, 6.07) is 0. The smallest absolute Gasteiger partial charge is 0.232 e. The summed E-state index contributed by atoms with van der Waals surface area (Å²) < 4.78 is 0. The second-order valence-corrected chi connectivity index (χ2v) is 9.28. The highest BCUT2D eigenvalue weighted by atomic mass is 32.1. The Hall–Kier alpha value is -2.32. The molecular formula is C19H20N4O2S2. The van der Waals surface area contributed by atoms with Crippen LogP contribution >= 0.6 is 22.7 Å². The van der Waals surface area contributed by atoms with Crippen molar-refractivity contribution in [2.75, 3.05) is 10.6 Å². The summed E-state index contributed by atoms with van der Waals surface area (Å²) in [5.74, 6) is -0.0130. The molecule has 2 aromatic heterocycles. The summed E-state index contributed by atoms with van der Waals surface area (Å²) in [6.45, 7) is 4.27. The minimum Gasteiger partial charge on any atom is -0.302 e. The number of amides is 2. The number of allylic oxidation sites excluding steroid dienone is 2. The number of carbonyl (C=O) groups excluding carboxylic acids is 2. The molecule has 2 aliphatic carbocycles. The van der Waals surface area contributed by atoms with E-state index in [0.717, 1.165) is 23.4 Å². The Balaban J connectivity index is 1.36. The maximum absolute atomic E-state index is 12.3. The molecule has 0 saturated heterocycles. The molecule has 2 heterocycles. The third-order valence-electron chi connectivity index (χ3n) is 4.33. The van der Waals surface area contributed by atoms with E-state index >= 15 is 0 Å². The van der Waals surface area contributed by atoms with Gasteiger partial charge < -0.3 is 10.6 Å². The molecule has 0 bridgehead atoms. The zero-order valence-corrected chi connectivity index (χ0v) is 16.7. The first-order valence-corrected chi connectivity index (χ1v) is 10.5. The zero-order chi connectivity index (χ0) is 19.0. The summed E-state index contributed by atoms with van der Waals surface area (Å²) in [5, 5.41) is 8.58. The molecule has 8 heteroatoms.